The Kier molecular flexibility index (Phi) is 4.74. The average Bonchev–Trinajstić information content (AvgIpc) is 3.48. The normalized spacial score (nSPS) is 40.7. The topological polar surface area (TPSA) is 46.2 Å². The molecular formula is C28H32F3NO2. The number of benzene rings is 1. The van der Waals surface area contributed by atoms with E-state index >= 15 is 0 Å². The second kappa shape index (κ2) is 7.20. The number of amides is 1. The summed E-state index contributed by atoms with van der Waals surface area (Å²) >= 11 is 0. The number of carbonyl (C=O) groups is 2. The first kappa shape index (κ1) is 22.4. The number of Topliss-reactive ketones (excluding diaryl/α,β-unsaturated/α-hetero) is 1. The number of anilines is 1. The molecule has 4 fully saturated rings. The van der Waals surface area contributed by atoms with Crippen molar-refractivity contribution in [1.82, 2.24) is 0 Å². The number of hydrogen-bond acceptors (Lipinski definition) is 2. The Hall–Kier alpha value is -2.11. The van der Waals surface area contributed by atoms with E-state index in [1.807, 2.05) is 0 Å². The van der Waals surface area contributed by atoms with E-state index in [1.165, 1.54) is 29.3 Å². The summed E-state index contributed by atoms with van der Waals surface area (Å²) in [6.07, 6.45) is 2.51. The molecule has 0 saturated heterocycles. The van der Waals surface area contributed by atoms with Crippen LogP contribution in [-0.2, 0) is 15.8 Å². The molecule has 5 aliphatic rings. The minimum absolute atomic E-state index is 0.105. The van der Waals surface area contributed by atoms with E-state index in [0.717, 1.165) is 44.6 Å². The lowest BCUT2D eigenvalue weighted by atomic mass is 9.47. The van der Waals surface area contributed by atoms with Gasteiger partial charge in [0, 0.05) is 18.8 Å². The number of carbonyl (C=O) groups excluding carboxylic acids is 2. The molecule has 7 atom stereocenters. The van der Waals surface area contributed by atoms with Crippen LogP contribution in [0.3, 0.4) is 0 Å². The lowest BCUT2D eigenvalue weighted by molar-refractivity contribution is -0.137. The Bertz CT molecular complexity index is 1110. The maximum absolute atomic E-state index is 13.5. The second-order valence-electron chi connectivity index (χ2n) is 11.9. The molecule has 6 rings (SSSR count). The van der Waals surface area contributed by atoms with Gasteiger partial charge in [0.1, 0.15) is 5.78 Å². The van der Waals surface area contributed by atoms with E-state index in [1.54, 1.807) is 0 Å². The molecule has 1 aromatic carbocycles. The molecule has 0 spiro atoms. The third kappa shape index (κ3) is 3.09. The lowest BCUT2D eigenvalue weighted by Gasteiger charge is -2.57. The van der Waals surface area contributed by atoms with Gasteiger partial charge in [-0.2, -0.15) is 13.2 Å². The molecule has 1 N–H and O–H groups in total. The van der Waals surface area contributed by atoms with Crippen LogP contribution in [0.5, 0.6) is 0 Å². The van der Waals surface area contributed by atoms with Crippen molar-refractivity contribution in [2.45, 2.75) is 71.4 Å². The zero-order valence-corrected chi connectivity index (χ0v) is 19.8. The van der Waals surface area contributed by atoms with Gasteiger partial charge in [-0.15, -0.1) is 0 Å². The maximum atomic E-state index is 13.5. The van der Waals surface area contributed by atoms with E-state index in [4.69, 9.17) is 0 Å². The predicted molar refractivity (Wildman–Crippen MR) is 123 cm³/mol. The fourth-order valence-corrected chi connectivity index (χ4v) is 8.81. The molecule has 0 bridgehead atoms. The molecule has 0 aliphatic heterocycles. The monoisotopic (exact) mass is 471 g/mol. The highest BCUT2D eigenvalue weighted by molar-refractivity contribution is 5.94. The fourth-order valence-electron chi connectivity index (χ4n) is 8.81. The van der Waals surface area contributed by atoms with Gasteiger partial charge in [0.2, 0.25) is 5.91 Å². The van der Waals surface area contributed by atoms with Gasteiger partial charge in [0.05, 0.1) is 11.3 Å². The molecule has 0 aromatic heterocycles. The van der Waals surface area contributed by atoms with Crippen LogP contribution in [-0.4, -0.2) is 11.7 Å². The Morgan fingerprint density at radius 2 is 1.82 bits per heavy atom. The molecule has 6 heteroatoms. The summed E-state index contributed by atoms with van der Waals surface area (Å²) in [7, 11) is 0. The van der Waals surface area contributed by atoms with Crippen LogP contribution in [0.1, 0.15) is 70.8 Å². The Labute approximate surface area is 198 Å². The van der Waals surface area contributed by atoms with Gasteiger partial charge in [-0.25, -0.2) is 0 Å². The zero-order valence-electron chi connectivity index (χ0n) is 19.8. The van der Waals surface area contributed by atoms with Gasteiger partial charge in [-0.05, 0) is 85.2 Å². The molecule has 4 saturated carbocycles. The lowest BCUT2D eigenvalue weighted by Crippen LogP contribution is -2.51. The molecule has 0 radical (unpaired) electrons. The van der Waals surface area contributed by atoms with Crippen LogP contribution in [0.15, 0.2) is 35.4 Å². The van der Waals surface area contributed by atoms with Crippen molar-refractivity contribution in [3.8, 4) is 0 Å². The molecular weight excluding hydrogens is 439 g/mol. The molecule has 34 heavy (non-hydrogen) atoms. The maximum Gasteiger partial charge on any atom is 0.418 e. The van der Waals surface area contributed by atoms with Crippen LogP contribution in [0.25, 0.3) is 0 Å². The van der Waals surface area contributed by atoms with Crippen molar-refractivity contribution in [2.24, 2.45) is 40.4 Å². The minimum atomic E-state index is -4.50. The number of rotatable bonds is 2. The van der Waals surface area contributed by atoms with Crippen LogP contribution in [0, 0.1) is 40.4 Å². The molecule has 3 unspecified atom stereocenters. The summed E-state index contributed by atoms with van der Waals surface area (Å²) in [5, 5.41) is 2.66. The fraction of sp³-hybridized carbons (Fsp3) is 0.643. The second-order valence-corrected chi connectivity index (χ2v) is 11.9. The quantitative estimate of drug-likeness (QED) is 0.483. The van der Waals surface area contributed by atoms with E-state index in [9.17, 15) is 22.8 Å². The highest BCUT2D eigenvalue weighted by Gasteiger charge is 2.65. The number of ketones is 1. The highest BCUT2D eigenvalue weighted by atomic mass is 19.4. The SMILES string of the molecule is C[C@]12CCC(=O)CC1=C1C[C@@H]1C1C2CC[C@@]2(C)C1CC[C@@H]2C(=O)Nc1ccccc1C(F)(F)F. The number of para-hydroxylation sites is 1. The summed E-state index contributed by atoms with van der Waals surface area (Å²) in [6.45, 7) is 4.60. The summed E-state index contributed by atoms with van der Waals surface area (Å²) in [6, 6.07) is 5.26. The molecule has 182 valence electrons. The summed E-state index contributed by atoms with van der Waals surface area (Å²) in [4.78, 5) is 25.6. The number of fused-ring (bicyclic) bond motifs is 7. The standard InChI is InChI=1S/C28H32F3NO2/c1-26-12-10-20-24(17-14-16(17)22-13-15(33)9-11-27(20,22)2)19(26)7-8-21(26)25(34)32-23-6-4-3-5-18(23)28(29,30)31/h3-6,17,19-21,24H,7-14H2,1-2H3,(H,32,34)/t17-,19?,20?,21+,24?,26-,27+/m0/s1. The first-order valence-electron chi connectivity index (χ1n) is 12.8. The molecule has 1 amide bonds. The van der Waals surface area contributed by atoms with Crippen molar-refractivity contribution in [3.63, 3.8) is 0 Å². The Balaban J connectivity index is 1.27. The van der Waals surface area contributed by atoms with Crippen molar-refractivity contribution in [2.75, 3.05) is 5.32 Å². The summed E-state index contributed by atoms with van der Waals surface area (Å²) < 4.78 is 40.4. The molecule has 3 nitrogen and oxygen atoms in total. The minimum Gasteiger partial charge on any atom is -0.325 e. The van der Waals surface area contributed by atoms with Crippen molar-refractivity contribution in [1.29, 1.82) is 0 Å². The van der Waals surface area contributed by atoms with Crippen molar-refractivity contribution < 1.29 is 22.8 Å². The van der Waals surface area contributed by atoms with Crippen LogP contribution in [0.4, 0.5) is 18.9 Å². The third-order valence-corrected chi connectivity index (χ3v) is 10.5. The van der Waals surface area contributed by atoms with E-state index in [2.05, 4.69) is 19.2 Å². The van der Waals surface area contributed by atoms with Crippen molar-refractivity contribution >= 4 is 17.4 Å². The van der Waals surface area contributed by atoms with E-state index < -0.39 is 11.7 Å². The molecule has 5 aliphatic carbocycles. The van der Waals surface area contributed by atoms with Gasteiger partial charge in [0.25, 0.3) is 0 Å². The Morgan fingerprint density at radius 3 is 2.59 bits per heavy atom. The van der Waals surface area contributed by atoms with Crippen molar-refractivity contribution in [3.05, 3.63) is 41.0 Å². The number of alkyl halides is 3. The van der Waals surface area contributed by atoms with Crippen LogP contribution >= 0.6 is 0 Å². The first-order valence-corrected chi connectivity index (χ1v) is 12.8. The van der Waals surface area contributed by atoms with E-state index in [-0.39, 0.29) is 28.3 Å². The summed E-state index contributed by atoms with van der Waals surface area (Å²) in [5.74, 6) is 1.90. The van der Waals surface area contributed by atoms with Crippen LogP contribution in [0.2, 0.25) is 0 Å². The number of allylic oxidation sites excluding steroid dienone is 2. The van der Waals surface area contributed by atoms with Gasteiger partial charge >= 0.3 is 6.18 Å². The summed E-state index contributed by atoms with van der Waals surface area (Å²) in [5.41, 5.74) is 1.94. The first-order chi connectivity index (χ1) is 16.0. The molecule has 0 heterocycles. The van der Waals surface area contributed by atoms with Gasteiger partial charge in [-0.3, -0.25) is 9.59 Å². The van der Waals surface area contributed by atoms with Crippen LogP contribution < -0.4 is 5.32 Å². The van der Waals surface area contributed by atoms with Gasteiger partial charge in [0.15, 0.2) is 0 Å². The largest absolute Gasteiger partial charge is 0.418 e. The third-order valence-electron chi connectivity index (χ3n) is 10.5. The van der Waals surface area contributed by atoms with Gasteiger partial charge in [-0.1, -0.05) is 37.1 Å². The van der Waals surface area contributed by atoms with Gasteiger partial charge < -0.3 is 5.32 Å². The predicted octanol–water partition coefficient (Wildman–Crippen LogP) is 6.79. The highest BCUT2D eigenvalue weighted by Crippen LogP contribution is 2.73. The smallest absolute Gasteiger partial charge is 0.325 e. The Morgan fingerprint density at radius 1 is 1.06 bits per heavy atom. The number of hydrogen-bond donors (Lipinski definition) is 1. The zero-order chi connectivity index (χ0) is 24.0. The molecule has 1 aromatic rings. The van der Waals surface area contributed by atoms with E-state index in [0.29, 0.717) is 42.3 Å². The number of halogens is 3. The average molecular weight is 472 g/mol. The number of nitrogens with one attached hydrogen (secondary N) is 1.